The average molecular weight is 491 g/mol. The van der Waals surface area contributed by atoms with Gasteiger partial charge in [0.2, 0.25) is 10.0 Å². The van der Waals surface area contributed by atoms with Gasteiger partial charge in [-0.3, -0.25) is 4.79 Å². The minimum Gasteiger partial charge on any atom is -0.468 e. The molecule has 8 heteroatoms. The molecular formula is C22H23BrN2O4S. The van der Waals surface area contributed by atoms with Crippen molar-refractivity contribution in [2.24, 2.45) is 0 Å². The van der Waals surface area contributed by atoms with Crippen molar-refractivity contribution in [1.82, 2.24) is 10.0 Å². The molecule has 0 aliphatic rings. The Morgan fingerprint density at radius 3 is 2.53 bits per heavy atom. The molecule has 0 aliphatic heterocycles. The Labute approximate surface area is 184 Å². The highest BCUT2D eigenvalue weighted by molar-refractivity contribution is 9.10. The third-order valence-corrected chi connectivity index (χ3v) is 6.54. The number of rotatable bonds is 8. The smallest absolute Gasteiger partial charge is 0.251 e. The predicted molar refractivity (Wildman–Crippen MR) is 119 cm³/mol. The van der Waals surface area contributed by atoms with Crippen molar-refractivity contribution >= 4 is 31.9 Å². The molecule has 0 aliphatic carbocycles. The number of aryl methyl sites for hydroxylation is 1. The van der Waals surface area contributed by atoms with Crippen LogP contribution < -0.4 is 10.0 Å². The maximum atomic E-state index is 12.8. The molecule has 0 bridgehead atoms. The van der Waals surface area contributed by atoms with Gasteiger partial charge in [0, 0.05) is 16.1 Å². The highest BCUT2D eigenvalue weighted by Crippen LogP contribution is 2.17. The van der Waals surface area contributed by atoms with E-state index in [0.29, 0.717) is 23.3 Å². The SMILES string of the molecule is Cc1ccc(S(=O)(=O)NCc2ccco2)cc1C(=O)NC(C)Cc1ccc(Br)cc1. The number of amides is 1. The topological polar surface area (TPSA) is 88.4 Å². The van der Waals surface area contributed by atoms with Gasteiger partial charge in [0.1, 0.15) is 5.76 Å². The minimum atomic E-state index is -3.78. The maximum Gasteiger partial charge on any atom is 0.251 e. The number of hydrogen-bond donors (Lipinski definition) is 2. The number of carbonyl (C=O) groups is 1. The van der Waals surface area contributed by atoms with E-state index in [9.17, 15) is 13.2 Å². The summed E-state index contributed by atoms with van der Waals surface area (Å²) in [6, 6.07) is 15.7. The fourth-order valence-electron chi connectivity index (χ4n) is 3.00. The second-order valence-electron chi connectivity index (χ2n) is 7.09. The molecule has 0 saturated heterocycles. The van der Waals surface area contributed by atoms with Crippen LogP contribution in [-0.2, 0) is 23.0 Å². The number of halogens is 1. The summed E-state index contributed by atoms with van der Waals surface area (Å²) in [4.78, 5) is 12.8. The zero-order valence-electron chi connectivity index (χ0n) is 16.7. The summed E-state index contributed by atoms with van der Waals surface area (Å²) in [5, 5.41) is 2.95. The fraction of sp³-hybridized carbons (Fsp3) is 0.227. The summed E-state index contributed by atoms with van der Waals surface area (Å²) in [6.45, 7) is 3.73. The molecule has 2 N–H and O–H groups in total. The molecule has 0 radical (unpaired) electrons. The zero-order chi connectivity index (χ0) is 21.7. The number of benzene rings is 2. The molecule has 0 fully saturated rings. The number of hydrogen-bond acceptors (Lipinski definition) is 4. The molecule has 30 heavy (non-hydrogen) atoms. The van der Waals surface area contributed by atoms with E-state index in [2.05, 4.69) is 26.0 Å². The lowest BCUT2D eigenvalue weighted by atomic mass is 10.1. The van der Waals surface area contributed by atoms with Crippen LogP contribution in [0.2, 0.25) is 0 Å². The van der Waals surface area contributed by atoms with E-state index in [1.807, 2.05) is 31.2 Å². The Bertz CT molecular complexity index is 1110. The van der Waals surface area contributed by atoms with Crippen molar-refractivity contribution in [2.75, 3.05) is 0 Å². The quantitative estimate of drug-likeness (QED) is 0.495. The summed E-state index contributed by atoms with van der Waals surface area (Å²) in [6.07, 6.45) is 2.15. The van der Waals surface area contributed by atoms with E-state index in [0.717, 1.165) is 10.0 Å². The van der Waals surface area contributed by atoms with Crippen LogP contribution >= 0.6 is 15.9 Å². The van der Waals surface area contributed by atoms with E-state index in [1.54, 1.807) is 25.1 Å². The van der Waals surface area contributed by atoms with Crippen molar-refractivity contribution in [3.8, 4) is 0 Å². The zero-order valence-corrected chi connectivity index (χ0v) is 19.1. The number of furan rings is 1. The lowest BCUT2D eigenvalue weighted by molar-refractivity contribution is 0.0939. The fourth-order valence-corrected chi connectivity index (χ4v) is 4.29. The van der Waals surface area contributed by atoms with E-state index in [4.69, 9.17) is 4.42 Å². The Balaban J connectivity index is 1.70. The monoisotopic (exact) mass is 490 g/mol. The third kappa shape index (κ3) is 5.81. The van der Waals surface area contributed by atoms with Gasteiger partial charge in [-0.05, 0) is 67.8 Å². The number of nitrogens with one attached hydrogen (secondary N) is 2. The summed E-state index contributed by atoms with van der Waals surface area (Å²) in [5.41, 5.74) is 2.13. The van der Waals surface area contributed by atoms with Gasteiger partial charge in [0.05, 0.1) is 17.7 Å². The first kappa shape index (κ1) is 22.3. The van der Waals surface area contributed by atoms with Gasteiger partial charge in [-0.1, -0.05) is 34.1 Å². The van der Waals surface area contributed by atoms with E-state index >= 15 is 0 Å². The molecule has 1 amide bonds. The van der Waals surface area contributed by atoms with Crippen LogP contribution in [0.15, 0.2) is 74.6 Å². The molecule has 158 valence electrons. The standard InChI is InChI=1S/C22H23BrN2O4S/c1-15-5-10-20(30(27,28)24-14-19-4-3-11-29-19)13-21(15)22(26)25-16(2)12-17-6-8-18(23)9-7-17/h3-11,13,16,24H,12,14H2,1-2H3,(H,25,26). The first-order valence-electron chi connectivity index (χ1n) is 9.42. The Hall–Kier alpha value is -2.42. The summed E-state index contributed by atoms with van der Waals surface area (Å²) in [5.74, 6) is 0.200. The molecule has 6 nitrogen and oxygen atoms in total. The molecule has 0 spiro atoms. The Morgan fingerprint density at radius 2 is 1.87 bits per heavy atom. The molecule has 1 unspecified atom stereocenters. The van der Waals surface area contributed by atoms with Crippen molar-refractivity contribution in [1.29, 1.82) is 0 Å². The van der Waals surface area contributed by atoms with Gasteiger partial charge in [-0.15, -0.1) is 0 Å². The molecular weight excluding hydrogens is 468 g/mol. The molecule has 3 aromatic rings. The van der Waals surface area contributed by atoms with Crippen LogP contribution in [0.25, 0.3) is 0 Å². The van der Waals surface area contributed by atoms with Crippen LogP contribution in [0, 0.1) is 6.92 Å². The average Bonchev–Trinajstić information content (AvgIpc) is 3.22. The molecule has 0 saturated carbocycles. The van der Waals surface area contributed by atoms with Gasteiger partial charge in [0.25, 0.3) is 5.91 Å². The summed E-state index contributed by atoms with van der Waals surface area (Å²) >= 11 is 3.41. The minimum absolute atomic E-state index is 0.0327. The molecule has 1 heterocycles. The number of sulfonamides is 1. The maximum absolute atomic E-state index is 12.8. The van der Waals surface area contributed by atoms with E-state index in [-0.39, 0.29) is 23.4 Å². The third-order valence-electron chi connectivity index (χ3n) is 4.61. The second-order valence-corrected chi connectivity index (χ2v) is 9.77. The van der Waals surface area contributed by atoms with Crippen molar-refractivity contribution < 1.29 is 17.6 Å². The van der Waals surface area contributed by atoms with Gasteiger partial charge < -0.3 is 9.73 Å². The summed E-state index contributed by atoms with van der Waals surface area (Å²) < 4.78 is 33.9. The second kappa shape index (κ2) is 9.59. The van der Waals surface area contributed by atoms with E-state index < -0.39 is 10.0 Å². The lowest BCUT2D eigenvalue weighted by Gasteiger charge is -2.16. The van der Waals surface area contributed by atoms with E-state index in [1.165, 1.54) is 18.4 Å². The van der Waals surface area contributed by atoms with Crippen LogP contribution in [0.1, 0.15) is 34.2 Å². The van der Waals surface area contributed by atoms with Crippen LogP contribution in [0.3, 0.4) is 0 Å². The van der Waals surface area contributed by atoms with Crippen molar-refractivity contribution in [2.45, 2.75) is 37.8 Å². The highest BCUT2D eigenvalue weighted by atomic mass is 79.9. The molecule has 1 atom stereocenters. The van der Waals surface area contributed by atoms with Gasteiger partial charge in [-0.2, -0.15) is 0 Å². The lowest BCUT2D eigenvalue weighted by Crippen LogP contribution is -2.34. The van der Waals surface area contributed by atoms with Gasteiger partial charge in [0.15, 0.2) is 0 Å². The van der Waals surface area contributed by atoms with Crippen LogP contribution in [0.5, 0.6) is 0 Å². The Kier molecular flexibility index (Phi) is 7.12. The van der Waals surface area contributed by atoms with Crippen molar-refractivity contribution in [3.63, 3.8) is 0 Å². The Morgan fingerprint density at radius 1 is 1.13 bits per heavy atom. The summed E-state index contributed by atoms with van der Waals surface area (Å²) in [7, 11) is -3.78. The first-order chi connectivity index (χ1) is 14.2. The molecule has 1 aromatic heterocycles. The highest BCUT2D eigenvalue weighted by Gasteiger charge is 2.19. The van der Waals surface area contributed by atoms with Gasteiger partial charge >= 0.3 is 0 Å². The largest absolute Gasteiger partial charge is 0.468 e. The normalized spacial score (nSPS) is 12.5. The van der Waals surface area contributed by atoms with Crippen LogP contribution in [-0.4, -0.2) is 20.4 Å². The number of carbonyl (C=O) groups excluding carboxylic acids is 1. The van der Waals surface area contributed by atoms with Crippen LogP contribution in [0.4, 0.5) is 0 Å². The molecule has 2 aromatic carbocycles. The van der Waals surface area contributed by atoms with Gasteiger partial charge in [-0.25, -0.2) is 13.1 Å². The first-order valence-corrected chi connectivity index (χ1v) is 11.7. The molecule has 3 rings (SSSR count). The van der Waals surface area contributed by atoms with Crippen molar-refractivity contribution in [3.05, 3.63) is 87.8 Å². The predicted octanol–water partition coefficient (Wildman–Crippen LogP) is 4.19.